The van der Waals surface area contributed by atoms with Crippen molar-refractivity contribution in [3.8, 4) is 11.5 Å². The van der Waals surface area contributed by atoms with Crippen molar-refractivity contribution in [2.45, 2.75) is 19.9 Å². The van der Waals surface area contributed by atoms with Crippen molar-refractivity contribution >= 4 is 24.1 Å². The fraction of sp³-hybridized carbons (Fsp3) is 0.462. The van der Waals surface area contributed by atoms with Crippen LogP contribution in [0.15, 0.2) is 12.1 Å². The van der Waals surface area contributed by atoms with Crippen LogP contribution in [0.25, 0.3) is 0 Å². The molecule has 0 saturated heterocycles. The molecule has 0 saturated carbocycles. The number of methoxy groups -OCH3 is 1. The third-order valence-corrected chi connectivity index (χ3v) is 3.54. The highest BCUT2D eigenvalue weighted by Crippen LogP contribution is 2.43. The number of hydrogen-bond donors (Lipinski definition) is 1. The highest BCUT2D eigenvalue weighted by Gasteiger charge is 2.40. The number of benzene rings is 1. The van der Waals surface area contributed by atoms with Gasteiger partial charge in [0.15, 0.2) is 11.5 Å². The molecular formula is C13H17ClN2O6. The van der Waals surface area contributed by atoms with E-state index in [9.17, 15) is 14.9 Å². The molecule has 22 heavy (non-hydrogen) atoms. The van der Waals surface area contributed by atoms with Gasteiger partial charge < -0.3 is 19.9 Å². The predicted octanol–water partition coefficient (Wildman–Crippen LogP) is 1.94. The maximum absolute atomic E-state index is 11.8. The molecule has 0 aromatic heterocycles. The molecule has 0 aliphatic carbocycles. The fourth-order valence-electron chi connectivity index (χ4n) is 2.13. The minimum atomic E-state index is -1.13. The van der Waals surface area contributed by atoms with Gasteiger partial charge in [0, 0.05) is 0 Å². The Bertz CT molecular complexity index is 604. The van der Waals surface area contributed by atoms with Crippen molar-refractivity contribution in [2.75, 3.05) is 13.9 Å². The zero-order chi connectivity index (χ0) is 15.8. The Morgan fingerprint density at radius 1 is 1.41 bits per heavy atom. The van der Waals surface area contributed by atoms with Crippen LogP contribution in [0.3, 0.4) is 0 Å². The Morgan fingerprint density at radius 2 is 1.95 bits per heavy atom. The second-order valence-electron chi connectivity index (χ2n) is 5.21. The van der Waals surface area contributed by atoms with Gasteiger partial charge in [-0.05, 0) is 19.9 Å². The first-order valence-corrected chi connectivity index (χ1v) is 6.21. The molecule has 1 aromatic carbocycles. The number of fused-ring (bicyclic) bond motifs is 1. The van der Waals surface area contributed by atoms with E-state index < -0.39 is 22.3 Å². The maximum Gasteiger partial charge on any atom is 0.313 e. The number of nitrogens with zero attached hydrogens (tertiary/aromatic N) is 1. The van der Waals surface area contributed by atoms with E-state index >= 15 is 0 Å². The number of esters is 1. The topological polar surface area (TPSA) is 114 Å². The van der Waals surface area contributed by atoms with Gasteiger partial charge in [0.25, 0.3) is 5.69 Å². The number of nitro groups is 1. The van der Waals surface area contributed by atoms with Gasteiger partial charge in [-0.25, -0.2) is 0 Å². The van der Waals surface area contributed by atoms with Crippen molar-refractivity contribution in [3.63, 3.8) is 0 Å². The molecule has 0 spiro atoms. The van der Waals surface area contributed by atoms with Crippen LogP contribution in [-0.2, 0) is 9.53 Å². The first-order chi connectivity index (χ1) is 9.78. The van der Waals surface area contributed by atoms with E-state index in [4.69, 9.17) is 19.9 Å². The van der Waals surface area contributed by atoms with Crippen LogP contribution in [0, 0.1) is 15.5 Å². The van der Waals surface area contributed by atoms with Gasteiger partial charge in [-0.2, -0.15) is 0 Å². The molecule has 0 unspecified atom stereocenters. The zero-order valence-corrected chi connectivity index (χ0v) is 13.1. The van der Waals surface area contributed by atoms with Gasteiger partial charge in [-0.15, -0.1) is 12.4 Å². The van der Waals surface area contributed by atoms with Crippen molar-refractivity contribution < 1.29 is 23.9 Å². The van der Waals surface area contributed by atoms with Gasteiger partial charge in [0.2, 0.25) is 6.79 Å². The van der Waals surface area contributed by atoms with Gasteiger partial charge in [0.1, 0.15) is 0 Å². The summed E-state index contributed by atoms with van der Waals surface area (Å²) in [7, 11) is 1.24. The summed E-state index contributed by atoms with van der Waals surface area (Å²) < 4.78 is 15.0. The van der Waals surface area contributed by atoms with Gasteiger partial charge in [-0.3, -0.25) is 14.9 Å². The lowest BCUT2D eigenvalue weighted by Gasteiger charge is -2.28. The first kappa shape index (κ1) is 18.0. The second kappa shape index (κ2) is 6.37. The number of ether oxygens (including phenoxy) is 3. The molecule has 2 N–H and O–H groups in total. The summed E-state index contributed by atoms with van der Waals surface area (Å²) in [5.41, 5.74) is 4.92. The third kappa shape index (κ3) is 2.93. The number of carbonyl (C=O) groups is 1. The maximum atomic E-state index is 11.8. The standard InChI is InChI=1S/C13H16N2O6.ClH/c1-13(2,12(16)19-3)11(14)7-4-9-10(21-6-20-9)5-8(7)15(17)18;/h4-5,11H,6,14H2,1-3H3;1H/t11-;/m0./s1. The molecule has 0 bridgehead atoms. The lowest BCUT2D eigenvalue weighted by atomic mass is 9.80. The van der Waals surface area contributed by atoms with Crippen molar-refractivity contribution in [3.05, 3.63) is 27.8 Å². The highest BCUT2D eigenvalue weighted by molar-refractivity contribution is 5.85. The summed E-state index contributed by atoms with van der Waals surface area (Å²) >= 11 is 0. The molecule has 9 heteroatoms. The van der Waals surface area contributed by atoms with E-state index in [2.05, 4.69) is 0 Å². The number of hydrogen-bond acceptors (Lipinski definition) is 7. The number of halogens is 1. The molecule has 8 nitrogen and oxygen atoms in total. The first-order valence-electron chi connectivity index (χ1n) is 6.21. The van der Waals surface area contributed by atoms with E-state index in [0.717, 1.165) is 0 Å². The molecular weight excluding hydrogens is 316 g/mol. The van der Waals surface area contributed by atoms with Crippen LogP contribution in [0.2, 0.25) is 0 Å². The molecule has 1 aliphatic rings. The third-order valence-electron chi connectivity index (χ3n) is 3.54. The van der Waals surface area contributed by atoms with E-state index in [1.165, 1.54) is 19.2 Å². The average Bonchev–Trinajstić information content (AvgIpc) is 2.91. The second-order valence-corrected chi connectivity index (χ2v) is 5.21. The molecule has 0 amide bonds. The number of carbonyl (C=O) groups excluding carboxylic acids is 1. The van der Waals surface area contributed by atoms with Crippen molar-refractivity contribution in [1.29, 1.82) is 0 Å². The number of rotatable bonds is 4. The van der Waals surface area contributed by atoms with Crippen LogP contribution in [-0.4, -0.2) is 24.8 Å². The Morgan fingerprint density at radius 3 is 2.45 bits per heavy atom. The molecule has 1 heterocycles. The molecule has 2 rings (SSSR count). The number of nitro benzene ring substituents is 1. The lowest BCUT2D eigenvalue weighted by Crippen LogP contribution is -2.37. The summed E-state index contributed by atoms with van der Waals surface area (Å²) in [4.78, 5) is 22.5. The summed E-state index contributed by atoms with van der Waals surface area (Å²) in [6.45, 7) is 3.13. The van der Waals surface area contributed by atoms with E-state index in [-0.39, 0.29) is 36.2 Å². The molecule has 1 aromatic rings. The Kier molecular flexibility index (Phi) is 5.21. The average molecular weight is 333 g/mol. The van der Waals surface area contributed by atoms with Crippen molar-refractivity contribution in [1.82, 2.24) is 0 Å². The van der Waals surface area contributed by atoms with Gasteiger partial charge in [-0.1, -0.05) is 0 Å². The van der Waals surface area contributed by atoms with Crippen molar-refractivity contribution in [2.24, 2.45) is 11.1 Å². The Hall–Kier alpha value is -2.06. The fourth-order valence-corrected chi connectivity index (χ4v) is 2.13. The molecule has 1 atom stereocenters. The van der Waals surface area contributed by atoms with Gasteiger partial charge in [0.05, 0.1) is 35.1 Å². The van der Waals surface area contributed by atoms with E-state index in [1.807, 2.05) is 0 Å². The quantitative estimate of drug-likeness (QED) is 0.509. The SMILES string of the molecule is COC(=O)C(C)(C)[C@@H](N)c1cc2c(cc1[N+](=O)[O-])OCO2.Cl. The predicted molar refractivity (Wildman–Crippen MR) is 79.2 cm³/mol. The van der Waals surface area contributed by atoms with Crippen LogP contribution < -0.4 is 15.2 Å². The summed E-state index contributed by atoms with van der Waals surface area (Å²) in [6, 6.07) is 1.76. The van der Waals surface area contributed by atoms with Crippen LogP contribution in [0.4, 0.5) is 5.69 Å². The molecule has 0 radical (unpaired) electrons. The summed E-state index contributed by atoms with van der Waals surface area (Å²) in [5.74, 6) is 0.0993. The molecule has 0 fully saturated rings. The van der Waals surface area contributed by atoms with Crippen LogP contribution in [0.5, 0.6) is 11.5 Å². The summed E-state index contributed by atoms with van der Waals surface area (Å²) in [5, 5.41) is 11.2. The Labute approximate surface area is 133 Å². The zero-order valence-electron chi connectivity index (χ0n) is 12.3. The summed E-state index contributed by atoms with van der Waals surface area (Å²) in [6.07, 6.45) is 0. The van der Waals surface area contributed by atoms with Crippen LogP contribution >= 0.6 is 12.4 Å². The highest BCUT2D eigenvalue weighted by atomic mass is 35.5. The number of nitrogens with two attached hydrogens (primary N) is 1. The molecule has 122 valence electrons. The largest absolute Gasteiger partial charge is 0.469 e. The molecule has 1 aliphatic heterocycles. The van der Waals surface area contributed by atoms with E-state index in [0.29, 0.717) is 5.75 Å². The minimum Gasteiger partial charge on any atom is -0.469 e. The van der Waals surface area contributed by atoms with Gasteiger partial charge >= 0.3 is 5.97 Å². The smallest absolute Gasteiger partial charge is 0.313 e. The monoisotopic (exact) mass is 332 g/mol. The normalized spacial score (nSPS) is 14.0. The van der Waals surface area contributed by atoms with E-state index in [1.54, 1.807) is 13.8 Å². The minimum absolute atomic E-state index is 0. The lowest BCUT2D eigenvalue weighted by molar-refractivity contribution is -0.385. The Balaban J connectivity index is 0.00000242. The van der Waals surface area contributed by atoms with Crippen LogP contribution in [0.1, 0.15) is 25.5 Å².